The second kappa shape index (κ2) is 4.41. The number of thiazole rings is 1. The zero-order chi connectivity index (χ0) is 11.7. The highest BCUT2D eigenvalue weighted by Crippen LogP contribution is 2.29. The Labute approximate surface area is 106 Å². The van der Waals surface area contributed by atoms with Crippen LogP contribution in [0, 0.1) is 0 Å². The average molecular weight is 273 g/mol. The van der Waals surface area contributed by atoms with E-state index in [0.717, 1.165) is 5.56 Å². The summed E-state index contributed by atoms with van der Waals surface area (Å²) in [6, 6.07) is 5.10. The van der Waals surface area contributed by atoms with E-state index in [4.69, 9.17) is 28.9 Å². The Morgan fingerprint density at radius 3 is 2.38 bits per heavy atom. The molecule has 0 aliphatic heterocycles. The third-order valence-corrected chi connectivity index (χ3v) is 3.36. The van der Waals surface area contributed by atoms with Crippen molar-refractivity contribution < 1.29 is 4.79 Å². The molecule has 0 aliphatic carbocycles. The van der Waals surface area contributed by atoms with Crippen molar-refractivity contribution in [1.82, 2.24) is 4.98 Å². The molecule has 1 aromatic carbocycles. The van der Waals surface area contributed by atoms with E-state index < -0.39 is 5.91 Å². The fraction of sp³-hybridized carbons (Fsp3) is 0. The van der Waals surface area contributed by atoms with Crippen LogP contribution in [0.2, 0.25) is 10.0 Å². The monoisotopic (exact) mass is 272 g/mol. The van der Waals surface area contributed by atoms with Gasteiger partial charge >= 0.3 is 0 Å². The number of rotatable bonds is 2. The van der Waals surface area contributed by atoms with E-state index in [9.17, 15) is 4.79 Å². The van der Waals surface area contributed by atoms with Crippen molar-refractivity contribution in [1.29, 1.82) is 0 Å². The van der Waals surface area contributed by atoms with Crippen LogP contribution in [0.1, 0.15) is 9.67 Å². The van der Waals surface area contributed by atoms with E-state index in [-0.39, 0.29) is 0 Å². The van der Waals surface area contributed by atoms with Gasteiger partial charge in [0.2, 0.25) is 0 Å². The highest BCUT2D eigenvalue weighted by Gasteiger charge is 2.09. The Morgan fingerprint density at radius 2 is 1.88 bits per heavy atom. The van der Waals surface area contributed by atoms with Crippen molar-refractivity contribution in [2.45, 2.75) is 0 Å². The molecule has 0 bridgehead atoms. The van der Waals surface area contributed by atoms with Gasteiger partial charge in [-0.3, -0.25) is 4.79 Å². The summed E-state index contributed by atoms with van der Waals surface area (Å²) in [6.45, 7) is 0. The minimum Gasteiger partial charge on any atom is -0.365 e. The number of carbonyl (C=O) groups excluding carboxylic acids is 1. The summed E-state index contributed by atoms with van der Waals surface area (Å²) in [5.41, 5.74) is 5.92. The van der Waals surface area contributed by atoms with E-state index in [1.807, 2.05) is 0 Å². The Balaban J connectivity index is 2.46. The maximum atomic E-state index is 10.9. The lowest BCUT2D eigenvalue weighted by atomic mass is 10.2. The van der Waals surface area contributed by atoms with Gasteiger partial charge < -0.3 is 5.73 Å². The van der Waals surface area contributed by atoms with Crippen molar-refractivity contribution >= 4 is 40.4 Å². The molecule has 0 aliphatic rings. The minimum absolute atomic E-state index is 0.408. The van der Waals surface area contributed by atoms with Crippen LogP contribution in [0.5, 0.6) is 0 Å². The molecule has 0 saturated heterocycles. The molecule has 1 amide bonds. The predicted octanol–water partition coefficient (Wildman–Crippen LogP) is 3.22. The lowest BCUT2D eigenvalue weighted by Gasteiger charge is -1.98. The summed E-state index contributed by atoms with van der Waals surface area (Å²) in [5.74, 6) is -0.489. The van der Waals surface area contributed by atoms with Crippen molar-refractivity contribution in [2.24, 2.45) is 5.73 Å². The number of aromatic nitrogens is 1. The van der Waals surface area contributed by atoms with E-state index >= 15 is 0 Å². The first-order chi connectivity index (χ1) is 7.56. The molecular formula is C10H6Cl2N2OS. The van der Waals surface area contributed by atoms with Gasteiger partial charge in [0.05, 0.1) is 6.20 Å². The number of primary amides is 1. The number of hydrogen-bond acceptors (Lipinski definition) is 3. The molecule has 82 valence electrons. The van der Waals surface area contributed by atoms with E-state index in [0.29, 0.717) is 19.9 Å². The van der Waals surface area contributed by atoms with Gasteiger partial charge in [0.1, 0.15) is 9.88 Å². The van der Waals surface area contributed by atoms with Gasteiger partial charge in [-0.2, -0.15) is 0 Å². The smallest absolute Gasteiger partial charge is 0.260 e. The zero-order valence-electron chi connectivity index (χ0n) is 7.91. The predicted molar refractivity (Wildman–Crippen MR) is 66.1 cm³/mol. The largest absolute Gasteiger partial charge is 0.365 e. The molecule has 2 rings (SSSR count). The summed E-state index contributed by atoms with van der Waals surface area (Å²) in [5, 5.41) is 1.72. The maximum absolute atomic E-state index is 10.9. The molecule has 1 heterocycles. The summed E-state index contributed by atoms with van der Waals surface area (Å²) in [6.07, 6.45) is 1.44. The van der Waals surface area contributed by atoms with Gasteiger partial charge in [-0.1, -0.05) is 23.2 Å². The number of benzene rings is 1. The second-order valence-corrected chi connectivity index (χ2v) is 4.96. The van der Waals surface area contributed by atoms with Crippen LogP contribution in [0.15, 0.2) is 24.4 Å². The highest BCUT2D eigenvalue weighted by molar-refractivity contribution is 7.16. The SMILES string of the molecule is NC(=O)c1cnc(-c2cc(Cl)cc(Cl)c2)s1. The topological polar surface area (TPSA) is 56.0 Å². The van der Waals surface area contributed by atoms with Gasteiger partial charge in [0.25, 0.3) is 5.91 Å². The van der Waals surface area contributed by atoms with Crippen LogP contribution in [0.4, 0.5) is 0 Å². The molecule has 0 spiro atoms. The first-order valence-electron chi connectivity index (χ1n) is 4.28. The summed E-state index contributed by atoms with van der Waals surface area (Å²) in [7, 11) is 0. The molecule has 0 saturated carbocycles. The van der Waals surface area contributed by atoms with Gasteiger partial charge in [-0.25, -0.2) is 4.98 Å². The molecule has 0 radical (unpaired) electrons. The van der Waals surface area contributed by atoms with Gasteiger partial charge in [-0.05, 0) is 18.2 Å². The van der Waals surface area contributed by atoms with Crippen LogP contribution in [-0.4, -0.2) is 10.9 Å². The number of nitrogens with two attached hydrogens (primary N) is 1. The molecule has 0 atom stereocenters. The summed E-state index contributed by atoms with van der Waals surface area (Å²) >= 11 is 12.9. The molecule has 2 aromatic rings. The van der Waals surface area contributed by atoms with Gasteiger partial charge in [-0.15, -0.1) is 11.3 Å². The number of hydrogen-bond donors (Lipinski definition) is 1. The molecule has 0 unspecified atom stereocenters. The van der Waals surface area contributed by atoms with Gasteiger partial charge in [0.15, 0.2) is 0 Å². The van der Waals surface area contributed by atoms with Crippen LogP contribution < -0.4 is 5.73 Å². The van der Waals surface area contributed by atoms with E-state index in [1.165, 1.54) is 17.5 Å². The molecule has 0 fully saturated rings. The molecule has 6 heteroatoms. The quantitative estimate of drug-likeness (QED) is 0.913. The third kappa shape index (κ3) is 2.35. The molecule has 3 nitrogen and oxygen atoms in total. The number of carbonyl (C=O) groups is 1. The fourth-order valence-electron chi connectivity index (χ4n) is 1.20. The second-order valence-electron chi connectivity index (χ2n) is 3.05. The van der Waals surface area contributed by atoms with Crippen LogP contribution in [-0.2, 0) is 0 Å². The first-order valence-corrected chi connectivity index (χ1v) is 5.85. The molecular weight excluding hydrogens is 267 g/mol. The summed E-state index contributed by atoms with van der Waals surface area (Å²) in [4.78, 5) is 15.4. The number of amides is 1. The minimum atomic E-state index is -0.489. The Bertz CT molecular complexity index is 533. The van der Waals surface area contributed by atoms with Gasteiger partial charge in [0, 0.05) is 15.6 Å². The molecule has 2 N–H and O–H groups in total. The van der Waals surface area contributed by atoms with Crippen molar-refractivity contribution in [2.75, 3.05) is 0 Å². The highest BCUT2D eigenvalue weighted by atomic mass is 35.5. The van der Waals surface area contributed by atoms with E-state index in [2.05, 4.69) is 4.98 Å². The summed E-state index contributed by atoms with van der Waals surface area (Å²) < 4.78 is 0. The lowest BCUT2D eigenvalue weighted by Crippen LogP contribution is -2.08. The third-order valence-electron chi connectivity index (χ3n) is 1.86. The van der Waals surface area contributed by atoms with Crippen LogP contribution >= 0.6 is 34.5 Å². The fourth-order valence-corrected chi connectivity index (χ4v) is 2.48. The first kappa shape index (κ1) is 11.4. The Morgan fingerprint density at radius 1 is 1.25 bits per heavy atom. The molecule has 16 heavy (non-hydrogen) atoms. The number of halogens is 2. The Kier molecular flexibility index (Phi) is 3.14. The normalized spacial score (nSPS) is 10.4. The van der Waals surface area contributed by atoms with Crippen molar-refractivity contribution in [3.05, 3.63) is 39.3 Å². The maximum Gasteiger partial charge on any atom is 0.260 e. The van der Waals surface area contributed by atoms with Crippen molar-refractivity contribution in [3.63, 3.8) is 0 Å². The average Bonchev–Trinajstić information content (AvgIpc) is 2.64. The zero-order valence-corrected chi connectivity index (χ0v) is 10.2. The van der Waals surface area contributed by atoms with Crippen LogP contribution in [0.25, 0.3) is 10.6 Å². The van der Waals surface area contributed by atoms with Crippen molar-refractivity contribution in [3.8, 4) is 10.6 Å². The number of nitrogens with zero attached hydrogens (tertiary/aromatic N) is 1. The lowest BCUT2D eigenvalue weighted by molar-refractivity contribution is 0.100. The standard InChI is InChI=1S/C10H6Cl2N2OS/c11-6-1-5(2-7(12)3-6)10-14-4-8(16-10)9(13)15/h1-4H,(H2,13,15). The van der Waals surface area contributed by atoms with E-state index in [1.54, 1.807) is 18.2 Å². The molecule has 1 aromatic heterocycles. The Hall–Kier alpha value is -1.10. The van der Waals surface area contributed by atoms with Crippen LogP contribution in [0.3, 0.4) is 0 Å².